The number of esters is 2. The molecule has 0 saturated heterocycles. The normalized spacial score (nSPS) is 14.2. The Labute approximate surface area is 138 Å². The Morgan fingerprint density at radius 2 is 1.22 bits per heavy atom. The molecule has 0 aromatic carbocycles. The van der Waals surface area contributed by atoms with Crippen LogP contribution < -0.4 is 10.6 Å². The van der Waals surface area contributed by atoms with Gasteiger partial charge in [0.2, 0.25) is 0 Å². The van der Waals surface area contributed by atoms with E-state index in [2.05, 4.69) is 15.4 Å². The molecule has 0 rings (SSSR count). The van der Waals surface area contributed by atoms with Gasteiger partial charge in [0.05, 0.1) is 7.11 Å². The minimum atomic E-state index is -0.806. The number of nitrogens with one attached hydrogen (secondary N) is 2. The Hall–Kier alpha value is -1.79. The van der Waals surface area contributed by atoms with Crippen LogP contribution in [0.5, 0.6) is 0 Å². The Morgan fingerprint density at radius 1 is 0.826 bits per heavy atom. The van der Waals surface area contributed by atoms with Gasteiger partial charge < -0.3 is 20.1 Å². The summed E-state index contributed by atoms with van der Waals surface area (Å²) in [4.78, 5) is 36.0. The Kier molecular flexibility index (Phi) is 8.06. The van der Waals surface area contributed by atoms with Crippen molar-refractivity contribution in [3.05, 3.63) is 0 Å². The van der Waals surface area contributed by atoms with E-state index in [1.165, 1.54) is 7.11 Å². The molecule has 0 aromatic rings. The van der Waals surface area contributed by atoms with Crippen molar-refractivity contribution < 1.29 is 23.9 Å². The maximum atomic E-state index is 12.2. The summed E-state index contributed by atoms with van der Waals surface area (Å²) < 4.78 is 9.98. The number of methoxy groups -OCH3 is 1. The van der Waals surface area contributed by atoms with Gasteiger partial charge in [0.25, 0.3) is 0 Å². The summed E-state index contributed by atoms with van der Waals surface area (Å²) >= 11 is 0. The van der Waals surface area contributed by atoms with Gasteiger partial charge in [-0.25, -0.2) is 14.4 Å². The second-order valence-electron chi connectivity index (χ2n) is 7.12. The van der Waals surface area contributed by atoms with Crippen LogP contribution in [0.15, 0.2) is 0 Å². The van der Waals surface area contributed by atoms with Crippen molar-refractivity contribution in [1.82, 2.24) is 10.6 Å². The van der Waals surface area contributed by atoms with Crippen molar-refractivity contribution in [3.63, 3.8) is 0 Å². The van der Waals surface area contributed by atoms with Gasteiger partial charge in [-0.3, -0.25) is 0 Å². The highest BCUT2D eigenvalue weighted by molar-refractivity contribution is 5.87. The van der Waals surface area contributed by atoms with Gasteiger partial charge in [-0.2, -0.15) is 0 Å². The molecule has 0 radical (unpaired) electrons. The number of carbonyl (C=O) groups excluding carboxylic acids is 3. The third-order valence-electron chi connectivity index (χ3n) is 3.02. The van der Waals surface area contributed by atoms with E-state index in [9.17, 15) is 14.4 Å². The van der Waals surface area contributed by atoms with Crippen molar-refractivity contribution in [2.75, 3.05) is 7.11 Å². The fraction of sp³-hybridized carbons (Fsp3) is 0.812. The zero-order valence-electron chi connectivity index (χ0n) is 15.4. The number of urea groups is 1. The molecule has 0 aromatic heterocycles. The molecule has 0 fully saturated rings. The molecule has 7 nitrogen and oxygen atoms in total. The Bertz CT molecular complexity index is 427. The lowest BCUT2D eigenvalue weighted by atomic mass is 10.0. The van der Waals surface area contributed by atoms with E-state index in [0.717, 1.165) is 0 Å². The molecule has 0 aliphatic carbocycles. The van der Waals surface area contributed by atoms with Crippen LogP contribution >= 0.6 is 0 Å². The molecule has 0 unspecified atom stereocenters. The van der Waals surface area contributed by atoms with Gasteiger partial charge in [0, 0.05) is 0 Å². The maximum absolute atomic E-state index is 12.2. The number of hydrogen-bond acceptors (Lipinski definition) is 5. The summed E-state index contributed by atoms with van der Waals surface area (Å²) in [6, 6.07) is -2.20. The molecule has 0 saturated carbocycles. The molecule has 134 valence electrons. The summed E-state index contributed by atoms with van der Waals surface area (Å²) in [6.45, 7) is 12.5. The standard InChI is InChI=1S/C16H30N2O5/c1-9(2)11(13(19)22-8)17-15(21)18-12(10(3)4)14(20)23-16(5,6)7/h9-12H,1-8H3,(H2,17,18,21)/t11-,12+/m0/s1. The fourth-order valence-corrected chi connectivity index (χ4v) is 1.81. The zero-order valence-corrected chi connectivity index (χ0v) is 15.4. The van der Waals surface area contributed by atoms with Gasteiger partial charge in [-0.05, 0) is 32.6 Å². The first kappa shape index (κ1) is 21.2. The van der Waals surface area contributed by atoms with Crippen molar-refractivity contribution in [3.8, 4) is 0 Å². The van der Waals surface area contributed by atoms with E-state index >= 15 is 0 Å². The summed E-state index contributed by atoms with van der Waals surface area (Å²) in [5.41, 5.74) is -0.644. The average molecular weight is 330 g/mol. The highest BCUT2D eigenvalue weighted by atomic mass is 16.6. The quantitative estimate of drug-likeness (QED) is 0.725. The fourth-order valence-electron chi connectivity index (χ4n) is 1.81. The molecular weight excluding hydrogens is 300 g/mol. The molecule has 0 heterocycles. The number of ether oxygens (including phenoxy) is 2. The van der Waals surface area contributed by atoms with Gasteiger partial charge in [0.15, 0.2) is 0 Å². The summed E-state index contributed by atoms with van der Waals surface area (Å²) in [5.74, 6) is -1.35. The zero-order chi connectivity index (χ0) is 18.4. The highest BCUT2D eigenvalue weighted by Gasteiger charge is 2.31. The molecule has 2 amide bonds. The van der Waals surface area contributed by atoms with E-state index in [4.69, 9.17) is 4.74 Å². The second kappa shape index (κ2) is 8.74. The van der Waals surface area contributed by atoms with Crippen LogP contribution in [0, 0.1) is 11.8 Å². The van der Waals surface area contributed by atoms with E-state index < -0.39 is 35.7 Å². The van der Waals surface area contributed by atoms with Crippen LogP contribution in [0.2, 0.25) is 0 Å². The first-order chi connectivity index (χ1) is 10.4. The molecule has 0 aliphatic rings. The van der Waals surface area contributed by atoms with Gasteiger partial charge in [0.1, 0.15) is 17.7 Å². The summed E-state index contributed by atoms with van der Waals surface area (Å²) in [6.07, 6.45) is 0. The smallest absolute Gasteiger partial charge is 0.329 e. The molecule has 23 heavy (non-hydrogen) atoms. The van der Waals surface area contributed by atoms with Crippen LogP contribution in [0.4, 0.5) is 4.79 Å². The van der Waals surface area contributed by atoms with Crippen LogP contribution in [0.25, 0.3) is 0 Å². The minimum absolute atomic E-state index is 0.146. The maximum Gasteiger partial charge on any atom is 0.329 e. The second-order valence-corrected chi connectivity index (χ2v) is 7.12. The first-order valence-corrected chi connectivity index (χ1v) is 7.76. The predicted molar refractivity (Wildman–Crippen MR) is 86.8 cm³/mol. The van der Waals surface area contributed by atoms with Crippen LogP contribution in [0.3, 0.4) is 0 Å². The van der Waals surface area contributed by atoms with Crippen LogP contribution in [-0.4, -0.2) is 42.8 Å². The third-order valence-corrected chi connectivity index (χ3v) is 3.02. The number of hydrogen-bond donors (Lipinski definition) is 2. The predicted octanol–water partition coefficient (Wildman–Crippen LogP) is 1.85. The lowest BCUT2D eigenvalue weighted by molar-refractivity contribution is -0.158. The first-order valence-electron chi connectivity index (χ1n) is 7.76. The molecule has 2 N–H and O–H groups in total. The lowest BCUT2D eigenvalue weighted by Crippen LogP contribution is -2.55. The van der Waals surface area contributed by atoms with Crippen LogP contribution in [0.1, 0.15) is 48.5 Å². The van der Waals surface area contributed by atoms with Crippen molar-refractivity contribution in [2.24, 2.45) is 11.8 Å². The summed E-state index contributed by atoms with van der Waals surface area (Å²) in [5, 5.41) is 5.11. The largest absolute Gasteiger partial charge is 0.467 e. The van der Waals surface area contributed by atoms with Crippen LogP contribution in [-0.2, 0) is 19.1 Å². The SMILES string of the molecule is COC(=O)[C@@H](NC(=O)N[C@@H](C(=O)OC(C)(C)C)C(C)C)C(C)C. The number of rotatable bonds is 6. The van der Waals surface area contributed by atoms with E-state index in [1.54, 1.807) is 48.5 Å². The molecule has 0 bridgehead atoms. The van der Waals surface area contributed by atoms with E-state index in [0.29, 0.717) is 0 Å². The van der Waals surface area contributed by atoms with Gasteiger partial charge >= 0.3 is 18.0 Å². The molecular formula is C16H30N2O5. The lowest BCUT2D eigenvalue weighted by Gasteiger charge is -2.27. The van der Waals surface area contributed by atoms with E-state index in [1.807, 2.05) is 0 Å². The molecule has 0 spiro atoms. The summed E-state index contributed by atoms with van der Waals surface area (Å²) in [7, 11) is 1.26. The number of amides is 2. The van der Waals surface area contributed by atoms with Gasteiger partial charge in [-0.1, -0.05) is 27.7 Å². The third kappa shape index (κ3) is 7.85. The minimum Gasteiger partial charge on any atom is -0.467 e. The molecule has 2 atom stereocenters. The highest BCUT2D eigenvalue weighted by Crippen LogP contribution is 2.12. The van der Waals surface area contributed by atoms with E-state index in [-0.39, 0.29) is 11.8 Å². The Balaban J connectivity index is 4.92. The topological polar surface area (TPSA) is 93.7 Å². The molecule has 0 aliphatic heterocycles. The van der Waals surface area contributed by atoms with Crippen molar-refractivity contribution in [2.45, 2.75) is 66.2 Å². The van der Waals surface area contributed by atoms with Crippen molar-refractivity contribution >= 4 is 18.0 Å². The molecule has 7 heteroatoms. The average Bonchev–Trinajstić information content (AvgIpc) is 2.38. The van der Waals surface area contributed by atoms with Crippen molar-refractivity contribution in [1.29, 1.82) is 0 Å². The van der Waals surface area contributed by atoms with Gasteiger partial charge in [-0.15, -0.1) is 0 Å². The number of carbonyl (C=O) groups is 3. The monoisotopic (exact) mass is 330 g/mol. The Morgan fingerprint density at radius 3 is 1.52 bits per heavy atom.